The van der Waals surface area contributed by atoms with Gasteiger partial charge in [0.1, 0.15) is 5.75 Å². The van der Waals surface area contributed by atoms with E-state index < -0.39 is 0 Å². The second-order valence-electron chi connectivity index (χ2n) is 7.81. The number of benzene rings is 1. The van der Waals surface area contributed by atoms with Gasteiger partial charge in [-0.05, 0) is 30.4 Å². The molecular formula is C20H29N3O3. The van der Waals surface area contributed by atoms with Gasteiger partial charge >= 0.3 is 0 Å². The first-order valence-electron chi connectivity index (χ1n) is 9.15. The summed E-state index contributed by atoms with van der Waals surface area (Å²) in [6, 6.07) is 3.66. The number of hydrazone groups is 1. The van der Waals surface area contributed by atoms with Crippen LogP contribution in [-0.2, 0) is 16.0 Å². The van der Waals surface area contributed by atoms with Crippen LogP contribution >= 0.6 is 0 Å². The third-order valence-electron chi connectivity index (χ3n) is 4.21. The van der Waals surface area contributed by atoms with Crippen LogP contribution in [0.2, 0.25) is 0 Å². The van der Waals surface area contributed by atoms with E-state index in [2.05, 4.69) is 22.8 Å². The number of methoxy groups -OCH3 is 1. The lowest BCUT2D eigenvalue weighted by molar-refractivity contribution is -0.122. The molecule has 6 heteroatoms. The molecule has 26 heavy (non-hydrogen) atoms. The Balaban J connectivity index is 2.27. The number of nitrogens with zero attached hydrogens (tertiary/aromatic N) is 1. The number of amides is 2. The highest BCUT2D eigenvalue weighted by Crippen LogP contribution is 2.35. The summed E-state index contributed by atoms with van der Waals surface area (Å²) in [5.74, 6) is 0.252. The number of nitrogens with one attached hydrogen (secondary N) is 2. The van der Waals surface area contributed by atoms with Crippen LogP contribution in [0.15, 0.2) is 17.2 Å². The van der Waals surface area contributed by atoms with Crippen molar-refractivity contribution < 1.29 is 14.3 Å². The summed E-state index contributed by atoms with van der Waals surface area (Å²) in [5, 5.41) is 6.98. The number of hydrogen-bond donors (Lipinski definition) is 2. The molecule has 0 aliphatic carbocycles. The van der Waals surface area contributed by atoms with E-state index in [0.717, 1.165) is 42.7 Å². The van der Waals surface area contributed by atoms with Gasteiger partial charge in [-0.2, -0.15) is 5.10 Å². The molecule has 2 amide bonds. The molecule has 0 aromatic heterocycles. The molecule has 0 saturated carbocycles. The van der Waals surface area contributed by atoms with Gasteiger partial charge in [-0.15, -0.1) is 0 Å². The third-order valence-corrected chi connectivity index (χ3v) is 4.21. The molecule has 1 heterocycles. The number of anilines is 1. The molecule has 0 spiro atoms. The quantitative estimate of drug-likeness (QED) is 0.576. The number of ether oxygens (including phenoxy) is 1. The van der Waals surface area contributed by atoms with Crippen molar-refractivity contribution in [3.63, 3.8) is 0 Å². The zero-order valence-electron chi connectivity index (χ0n) is 16.4. The summed E-state index contributed by atoms with van der Waals surface area (Å²) in [7, 11) is 1.63. The monoisotopic (exact) mass is 359 g/mol. The maximum absolute atomic E-state index is 12.4. The molecule has 142 valence electrons. The summed E-state index contributed by atoms with van der Waals surface area (Å²) < 4.78 is 5.46. The van der Waals surface area contributed by atoms with Crippen LogP contribution in [0, 0.1) is 5.41 Å². The van der Waals surface area contributed by atoms with Gasteiger partial charge in [-0.25, -0.2) is 5.43 Å². The lowest BCUT2D eigenvalue weighted by atomic mass is 9.92. The Morgan fingerprint density at radius 2 is 2.00 bits per heavy atom. The van der Waals surface area contributed by atoms with Crippen molar-refractivity contribution in [2.24, 2.45) is 10.5 Å². The van der Waals surface area contributed by atoms with E-state index in [-0.39, 0.29) is 22.9 Å². The van der Waals surface area contributed by atoms with Gasteiger partial charge in [-0.3, -0.25) is 9.59 Å². The topological polar surface area (TPSA) is 79.8 Å². The van der Waals surface area contributed by atoms with Crippen molar-refractivity contribution in [1.82, 2.24) is 5.43 Å². The Hall–Kier alpha value is -2.37. The van der Waals surface area contributed by atoms with Crippen molar-refractivity contribution in [2.75, 3.05) is 12.4 Å². The Bertz CT molecular complexity index is 718. The number of fused-ring (bicyclic) bond motifs is 1. The average Bonchev–Trinajstić information content (AvgIpc) is 2.87. The molecule has 1 aliphatic heterocycles. The molecule has 0 bridgehead atoms. The summed E-state index contributed by atoms with van der Waals surface area (Å²) >= 11 is 0. The minimum atomic E-state index is -0.305. The standard InChI is InChI=1S/C20H29N3O3/c1-6-7-8-9-13-15(26-5)11-10-14-17(13)21-19(25)18(14)23-22-16(24)12-20(2,3)4/h10-11H,6-9,12H2,1-5H3,(H,22,24)(H,21,23,25). The van der Waals surface area contributed by atoms with Crippen molar-refractivity contribution in [3.8, 4) is 5.75 Å². The summed E-state index contributed by atoms with van der Waals surface area (Å²) in [6.07, 6.45) is 4.42. The average molecular weight is 359 g/mol. The van der Waals surface area contributed by atoms with Crippen molar-refractivity contribution in [1.29, 1.82) is 0 Å². The van der Waals surface area contributed by atoms with E-state index in [1.165, 1.54) is 0 Å². The molecule has 0 unspecified atom stereocenters. The number of unbranched alkanes of at least 4 members (excludes halogenated alkanes) is 2. The van der Waals surface area contributed by atoms with E-state index in [1.54, 1.807) is 7.11 Å². The minimum Gasteiger partial charge on any atom is -0.496 e. The van der Waals surface area contributed by atoms with Gasteiger partial charge in [0, 0.05) is 17.5 Å². The van der Waals surface area contributed by atoms with Gasteiger partial charge in [0.25, 0.3) is 5.91 Å². The fourth-order valence-corrected chi connectivity index (χ4v) is 3.01. The van der Waals surface area contributed by atoms with E-state index in [9.17, 15) is 9.59 Å². The van der Waals surface area contributed by atoms with Gasteiger partial charge < -0.3 is 10.1 Å². The predicted octanol–water partition coefficient (Wildman–Crippen LogP) is 3.64. The highest BCUT2D eigenvalue weighted by atomic mass is 16.5. The van der Waals surface area contributed by atoms with Crippen LogP contribution in [-0.4, -0.2) is 24.6 Å². The Morgan fingerprint density at radius 1 is 1.27 bits per heavy atom. The molecule has 1 aromatic carbocycles. The van der Waals surface area contributed by atoms with Crippen LogP contribution < -0.4 is 15.5 Å². The first kappa shape index (κ1) is 19.9. The molecule has 1 aromatic rings. The van der Waals surface area contributed by atoms with Crippen molar-refractivity contribution in [3.05, 3.63) is 23.3 Å². The molecule has 2 rings (SSSR count). The van der Waals surface area contributed by atoms with Crippen LogP contribution in [0.1, 0.15) is 64.5 Å². The number of carbonyl (C=O) groups excluding carboxylic acids is 2. The molecule has 1 aliphatic rings. The van der Waals surface area contributed by atoms with E-state index in [1.807, 2.05) is 32.9 Å². The molecule has 0 atom stereocenters. The smallest absolute Gasteiger partial charge is 0.276 e. The van der Waals surface area contributed by atoms with Gasteiger partial charge in [0.15, 0.2) is 5.71 Å². The second-order valence-corrected chi connectivity index (χ2v) is 7.81. The molecule has 6 nitrogen and oxygen atoms in total. The van der Waals surface area contributed by atoms with E-state index in [4.69, 9.17) is 4.74 Å². The Morgan fingerprint density at radius 3 is 2.62 bits per heavy atom. The SMILES string of the molecule is CCCCCc1c(OC)ccc2c1NC(=O)/C2=N\NC(=O)CC(C)(C)C. The molecule has 0 radical (unpaired) electrons. The molecule has 2 N–H and O–H groups in total. The van der Waals surface area contributed by atoms with Crippen molar-refractivity contribution in [2.45, 2.75) is 59.8 Å². The largest absolute Gasteiger partial charge is 0.496 e. The highest BCUT2D eigenvalue weighted by Gasteiger charge is 2.30. The third kappa shape index (κ3) is 4.84. The Labute approximate surface area is 155 Å². The van der Waals surface area contributed by atoms with Gasteiger partial charge in [0.05, 0.1) is 12.8 Å². The number of hydrogen-bond acceptors (Lipinski definition) is 4. The fraction of sp³-hybridized carbons (Fsp3) is 0.550. The Kier molecular flexibility index (Phi) is 6.40. The van der Waals surface area contributed by atoms with Crippen LogP contribution in [0.5, 0.6) is 5.75 Å². The summed E-state index contributed by atoms with van der Waals surface area (Å²) in [6.45, 7) is 8.09. The van der Waals surface area contributed by atoms with E-state index in [0.29, 0.717) is 12.0 Å². The van der Waals surface area contributed by atoms with E-state index >= 15 is 0 Å². The van der Waals surface area contributed by atoms with Crippen LogP contribution in [0.3, 0.4) is 0 Å². The van der Waals surface area contributed by atoms with Crippen molar-refractivity contribution >= 4 is 23.2 Å². The van der Waals surface area contributed by atoms with Crippen LogP contribution in [0.25, 0.3) is 0 Å². The normalized spacial score (nSPS) is 15.0. The van der Waals surface area contributed by atoms with Crippen LogP contribution in [0.4, 0.5) is 5.69 Å². The highest BCUT2D eigenvalue weighted by molar-refractivity contribution is 6.54. The summed E-state index contributed by atoms with van der Waals surface area (Å²) in [5.41, 5.74) is 5.04. The first-order valence-corrected chi connectivity index (χ1v) is 9.15. The lowest BCUT2D eigenvalue weighted by Gasteiger charge is -2.16. The summed E-state index contributed by atoms with van der Waals surface area (Å²) in [4.78, 5) is 24.4. The minimum absolute atomic E-state index is 0.139. The molecule has 0 fully saturated rings. The van der Waals surface area contributed by atoms with Gasteiger partial charge in [-0.1, -0.05) is 40.5 Å². The number of carbonyl (C=O) groups is 2. The maximum Gasteiger partial charge on any atom is 0.276 e. The van der Waals surface area contributed by atoms with Gasteiger partial charge in [0.2, 0.25) is 5.91 Å². The second kappa shape index (κ2) is 8.34. The molecular weight excluding hydrogens is 330 g/mol. The fourth-order valence-electron chi connectivity index (χ4n) is 3.01. The number of rotatable bonds is 7. The lowest BCUT2D eigenvalue weighted by Crippen LogP contribution is -2.26. The zero-order valence-corrected chi connectivity index (χ0v) is 16.4. The zero-order chi connectivity index (χ0) is 19.3. The first-order chi connectivity index (χ1) is 12.3. The maximum atomic E-state index is 12.4. The molecule has 0 saturated heterocycles. The predicted molar refractivity (Wildman–Crippen MR) is 104 cm³/mol.